The van der Waals surface area contributed by atoms with Crippen LogP contribution in [0.2, 0.25) is 15.1 Å². The van der Waals surface area contributed by atoms with Crippen molar-refractivity contribution in [3.8, 4) is 0 Å². The van der Waals surface area contributed by atoms with Crippen LogP contribution >= 0.6 is 46.6 Å². The van der Waals surface area contributed by atoms with Gasteiger partial charge in [0, 0.05) is 4.90 Å². The molecular formula is C13H9Cl3F3NO4S. The van der Waals surface area contributed by atoms with Crippen molar-refractivity contribution < 1.29 is 32.2 Å². The van der Waals surface area contributed by atoms with Gasteiger partial charge < -0.3 is 14.8 Å². The van der Waals surface area contributed by atoms with Gasteiger partial charge in [-0.05, 0) is 17.8 Å². The summed E-state index contributed by atoms with van der Waals surface area (Å²) in [7, 11) is 2.13. The van der Waals surface area contributed by atoms with Crippen LogP contribution in [0.1, 0.15) is 0 Å². The molecule has 0 fully saturated rings. The first-order valence-electron chi connectivity index (χ1n) is 6.08. The molecule has 0 amide bonds. The van der Waals surface area contributed by atoms with E-state index in [2.05, 4.69) is 14.8 Å². The number of rotatable bonds is 5. The molecule has 138 valence electrons. The Morgan fingerprint density at radius 3 is 2.24 bits per heavy atom. The zero-order chi connectivity index (χ0) is 19.4. The van der Waals surface area contributed by atoms with E-state index in [1.165, 1.54) is 0 Å². The van der Waals surface area contributed by atoms with Crippen molar-refractivity contribution in [1.29, 1.82) is 0 Å². The summed E-state index contributed by atoms with van der Waals surface area (Å²) in [5.41, 5.74) is -5.20. The van der Waals surface area contributed by atoms with Crippen molar-refractivity contribution in [2.24, 2.45) is 0 Å². The molecule has 0 aromatic heterocycles. The molecule has 0 heterocycles. The lowest BCUT2D eigenvalue weighted by atomic mass is 10.3. The van der Waals surface area contributed by atoms with Crippen molar-refractivity contribution >= 4 is 64.2 Å². The Morgan fingerprint density at radius 1 is 1.16 bits per heavy atom. The van der Waals surface area contributed by atoms with E-state index in [4.69, 9.17) is 34.8 Å². The summed E-state index contributed by atoms with van der Waals surface area (Å²) in [6.07, 6.45) is 0.755. The quantitative estimate of drug-likeness (QED) is 0.305. The predicted octanol–water partition coefficient (Wildman–Crippen LogP) is 4.90. The Labute approximate surface area is 159 Å². The van der Waals surface area contributed by atoms with E-state index in [0.29, 0.717) is 0 Å². The lowest BCUT2D eigenvalue weighted by Crippen LogP contribution is -2.16. The Balaban J connectivity index is 3.33. The molecule has 0 atom stereocenters. The number of esters is 2. The van der Waals surface area contributed by atoms with Crippen LogP contribution in [0.3, 0.4) is 0 Å². The number of anilines is 1. The molecule has 0 aliphatic rings. The van der Waals surface area contributed by atoms with E-state index in [1.54, 1.807) is 0 Å². The second kappa shape index (κ2) is 8.88. The van der Waals surface area contributed by atoms with Crippen LogP contribution in [0.15, 0.2) is 22.7 Å². The van der Waals surface area contributed by atoms with Crippen LogP contribution in [0.25, 0.3) is 0 Å². The number of benzene rings is 1. The number of alkyl halides is 3. The van der Waals surface area contributed by atoms with E-state index in [0.717, 1.165) is 26.4 Å². The third-order valence-corrected chi connectivity index (χ3v) is 4.53. The summed E-state index contributed by atoms with van der Waals surface area (Å²) in [4.78, 5) is 22.6. The van der Waals surface area contributed by atoms with Gasteiger partial charge in [0.25, 0.3) is 0 Å². The smallest absolute Gasteiger partial charge is 0.446 e. The fraction of sp³-hybridized carbons (Fsp3) is 0.231. The fourth-order valence-corrected chi connectivity index (χ4v) is 3.01. The maximum absolute atomic E-state index is 12.5. The van der Waals surface area contributed by atoms with Gasteiger partial charge in [0.1, 0.15) is 5.70 Å². The van der Waals surface area contributed by atoms with Crippen LogP contribution in [0.4, 0.5) is 18.9 Å². The monoisotopic (exact) mass is 437 g/mol. The van der Waals surface area contributed by atoms with Crippen LogP contribution in [-0.2, 0) is 19.1 Å². The van der Waals surface area contributed by atoms with Gasteiger partial charge in [-0.2, -0.15) is 13.2 Å². The molecule has 0 spiro atoms. The first kappa shape index (κ1) is 21.8. The molecule has 1 rings (SSSR count). The molecule has 1 N–H and O–H groups in total. The Morgan fingerprint density at radius 2 is 1.76 bits per heavy atom. The Hall–Kier alpha value is -1.29. The third-order valence-electron chi connectivity index (χ3n) is 2.48. The number of ether oxygens (including phenoxy) is 2. The standard InChI is InChI=1S/C13H9Cl3F3NO4S/c1-23-8(21)4-6(12(22)24-2)20-11-5(14)3-7(9(15)10(11)16)25-13(17,18)19/h3-4,20H,1-2H3/b6-4+. The zero-order valence-corrected chi connectivity index (χ0v) is 15.5. The molecule has 12 heteroatoms. The van der Waals surface area contributed by atoms with E-state index in [1.807, 2.05) is 0 Å². The van der Waals surface area contributed by atoms with Crippen molar-refractivity contribution in [3.63, 3.8) is 0 Å². The Bertz CT molecular complexity index is 725. The number of carbonyl (C=O) groups is 2. The van der Waals surface area contributed by atoms with Crippen molar-refractivity contribution in [3.05, 3.63) is 32.9 Å². The molecule has 0 radical (unpaired) electrons. The van der Waals surface area contributed by atoms with E-state index < -0.39 is 44.8 Å². The molecule has 25 heavy (non-hydrogen) atoms. The van der Waals surface area contributed by atoms with E-state index >= 15 is 0 Å². The molecule has 0 unspecified atom stereocenters. The summed E-state index contributed by atoms with van der Waals surface area (Å²) in [5, 5.41) is 1.34. The average Bonchev–Trinajstić information content (AvgIpc) is 2.52. The maximum atomic E-state index is 12.5. The third kappa shape index (κ3) is 6.18. The number of methoxy groups -OCH3 is 2. The second-order valence-corrected chi connectivity index (χ2v) is 6.38. The molecule has 0 aliphatic heterocycles. The molecule has 0 saturated carbocycles. The van der Waals surface area contributed by atoms with Gasteiger partial charge in [0.15, 0.2) is 0 Å². The first-order chi connectivity index (χ1) is 11.5. The van der Waals surface area contributed by atoms with Crippen molar-refractivity contribution in [1.82, 2.24) is 0 Å². The SMILES string of the molecule is COC(=O)/C=C(/Nc1c(Cl)cc(SC(F)(F)F)c(Cl)c1Cl)C(=O)OC. The highest BCUT2D eigenvalue weighted by Crippen LogP contribution is 2.47. The van der Waals surface area contributed by atoms with E-state index in [9.17, 15) is 22.8 Å². The van der Waals surface area contributed by atoms with Crippen LogP contribution in [0, 0.1) is 0 Å². The molecule has 1 aromatic carbocycles. The van der Waals surface area contributed by atoms with Crippen LogP contribution < -0.4 is 5.32 Å². The number of halogens is 6. The topological polar surface area (TPSA) is 64.6 Å². The largest absolute Gasteiger partial charge is 0.466 e. The number of nitrogens with one attached hydrogen (secondary N) is 1. The maximum Gasteiger partial charge on any atom is 0.446 e. The normalized spacial score (nSPS) is 11.9. The highest BCUT2D eigenvalue weighted by atomic mass is 35.5. The summed E-state index contributed by atoms with van der Waals surface area (Å²) in [5.74, 6) is -1.86. The summed E-state index contributed by atoms with van der Waals surface area (Å²) in [6, 6.07) is 0.920. The molecule has 0 aliphatic carbocycles. The second-order valence-electron chi connectivity index (χ2n) is 4.11. The number of carbonyl (C=O) groups excluding carboxylic acids is 2. The minimum Gasteiger partial charge on any atom is -0.466 e. The average molecular weight is 439 g/mol. The fourth-order valence-electron chi connectivity index (χ4n) is 1.45. The van der Waals surface area contributed by atoms with Gasteiger partial charge in [-0.1, -0.05) is 34.8 Å². The van der Waals surface area contributed by atoms with Gasteiger partial charge in [-0.15, -0.1) is 0 Å². The van der Waals surface area contributed by atoms with Crippen LogP contribution in [-0.4, -0.2) is 31.7 Å². The number of hydrogen-bond acceptors (Lipinski definition) is 6. The zero-order valence-electron chi connectivity index (χ0n) is 12.5. The van der Waals surface area contributed by atoms with Gasteiger partial charge in [0.2, 0.25) is 0 Å². The number of hydrogen-bond donors (Lipinski definition) is 1. The highest BCUT2D eigenvalue weighted by molar-refractivity contribution is 8.00. The summed E-state index contributed by atoms with van der Waals surface area (Å²) >= 11 is 17.2. The summed E-state index contributed by atoms with van der Waals surface area (Å²) < 4.78 is 46.4. The first-order valence-corrected chi connectivity index (χ1v) is 8.03. The molecular weight excluding hydrogens is 430 g/mol. The molecule has 1 aromatic rings. The lowest BCUT2D eigenvalue weighted by molar-refractivity contribution is -0.138. The van der Waals surface area contributed by atoms with Crippen LogP contribution in [0.5, 0.6) is 0 Å². The summed E-state index contributed by atoms with van der Waals surface area (Å²) in [6.45, 7) is 0. The van der Waals surface area contributed by atoms with Gasteiger partial charge >= 0.3 is 17.4 Å². The lowest BCUT2D eigenvalue weighted by Gasteiger charge is -2.16. The predicted molar refractivity (Wildman–Crippen MR) is 89.1 cm³/mol. The van der Waals surface area contributed by atoms with Crippen molar-refractivity contribution in [2.75, 3.05) is 19.5 Å². The molecule has 0 saturated heterocycles. The van der Waals surface area contributed by atoms with Crippen molar-refractivity contribution in [2.45, 2.75) is 10.4 Å². The van der Waals surface area contributed by atoms with Gasteiger partial charge in [-0.25, -0.2) is 9.59 Å². The minimum absolute atomic E-state index is 0.180. The van der Waals surface area contributed by atoms with Gasteiger partial charge in [0.05, 0.1) is 41.1 Å². The minimum atomic E-state index is -4.60. The molecule has 0 bridgehead atoms. The van der Waals surface area contributed by atoms with E-state index in [-0.39, 0.29) is 15.7 Å². The highest BCUT2D eigenvalue weighted by Gasteiger charge is 2.32. The Kier molecular flexibility index (Phi) is 7.73. The van der Waals surface area contributed by atoms with Gasteiger partial charge in [-0.3, -0.25) is 0 Å². The molecule has 5 nitrogen and oxygen atoms in total. The number of thioether (sulfide) groups is 1.